The molecule has 0 aliphatic carbocycles. The molecule has 0 saturated carbocycles. The fourth-order valence-electron chi connectivity index (χ4n) is 2.20. The van der Waals surface area contributed by atoms with Crippen molar-refractivity contribution < 1.29 is 4.79 Å². The monoisotopic (exact) mass is 519 g/mol. The molecule has 0 aliphatic rings. The number of aromatic nitrogens is 4. The van der Waals surface area contributed by atoms with Gasteiger partial charge in [-0.15, -0.1) is 0 Å². The molecule has 3 aromatic rings. The number of hydrogen-bond acceptors (Lipinski definition) is 3. The van der Waals surface area contributed by atoms with Crippen LogP contribution in [0.15, 0.2) is 41.1 Å². The number of halogens is 3. The van der Waals surface area contributed by atoms with Gasteiger partial charge < -0.3 is 5.32 Å². The molecule has 0 radical (unpaired) electrons. The second-order valence-electron chi connectivity index (χ2n) is 5.03. The number of anilines is 1. The van der Waals surface area contributed by atoms with Crippen molar-refractivity contribution in [3.8, 4) is 0 Å². The zero-order valence-electron chi connectivity index (χ0n) is 12.5. The highest BCUT2D eigenvalue weighted by Crippen LogP contribution is 2.23. The quantitative estimate of drug-likeness (QED) is 0.531. The lowest BCUT2D eigenvalue weighted by Gasteiger charge is -2.05. The normalized spacial score (nSPS) is 10.8. The molecule has 0 atom stereocenters. The van der Waals surface area contributed by atoms with Gasteiger partial charge in [0.25, 0.3) is 5.91 Å². The molecule has 1 amide bonds. The Labute approximate surface area is 165 Å². The van der Waals surface area contributed by atoms with Crippen LogP contribution in [0.1, 0.15) is 16.1 Å². The van der Waals surface area contributed by atoms with Gasteiger partial charge in [0.05, 0.1) is 20.8 Å². The minimum atomic E-state index is -0.261. The Balaban J connectivity index is 1.80. The van der Waals surface area contributed by atoms with Gasteiger partial charge in [0, 0.05) is 18.3 Å². The Hall–Kier alpha value is -1.39. The Kier molecular flexibility index (Phi) is 5.26. The Morgan fingerprint density at radius 1 is 1.42 bits per heavy atom. The Morgan fingerprint density at radius 3 is 2.83 bits per heavy atom. The molecule has 2 aromatic heterocycles. The summed E-state index contributed by atoms with van der Waals surface area (Å²) in [5, 5.41) is 11.9. The van der Waals surface area contributed by atoms with Crippen molar-refractivity contribution in [1.29, 1.82) is 0 Å². The lowest BCUT2D eigenvalue weighted by molar-refractivity contribution is 0.101. The van der Waals surface area contributed by atoms with Gasteiger partial charge in [0.15, 0.2) is 5.82 Å². The first kappa shape index (κ1) is 17.4. The first-order valence-corrected chi connectivity index (χ1v) is 9.16. The number of carbonyl (C=O) groups excluding carboxylic acids is 1. The molecule has 0 saturated heterocycles. The van der Waals surface area contributed by atoms with Gasteiger partial charge in [0.1, 0.15) is 5.69 Å². The van der Waals surface area contributed by atoms with Crippen LogP contribution in [0.3, 0.4) is 0 Å². The summed E-state index contributed by atoms with van der Waals surface area (Å²) in [6.07, 6.45) is 3.44. The second kappa shape index (κ2) is 7.24. The number of rotatable bonds is 4. The van der Waals surface area contributed by atoms with Crippen LogP contribution in [0, 0.1) is 3.57 Å². The van der Waals surface area contributed by atoms with E-state index in [1.165, 1.54) is 4.68 Å². The van der Waals surface area contributed by atoms with Crippen molar-refractivity contribution >= 4 is 61.8 Å². The molecule has 9 heteroatoms. The molecule has 0 fully saturated rings. The molecule has 0 unspecified atom stereocenters. The average molecular weight is 521 g/mol. The number of benzene rings is 1. The van der Waals surface area contributed by atoms with Crippen LogP contribution in [0.2, 0.25) is 5.02 Å². The van der Waals surface area contributed by atoms with Crippen molar-refractivity contribution in [1.82, 2.24) is 19.6 Å². The van der Waals surface area contributed by atoms with Crippen molar-refractivity contribution in [3.63, 3.8) is 0 Å². The zero-order valence-corrected chi connectivity index (χ0v) is 17.0. The van der Waals surface area contributed by atoms with Crippen molar-refractivity contribution in [3.05, 3.63) is 61.0 Å². The minimum absolute atomic E-state index is 0.261. The van der Waals surface area contributed by atoms with Gasteiger partial charge in [-0.25, -0.2) is 0 Å². The van der Waals surface area contributed by atoms with E-state index in [0.717, 1.165) is 9.13 Å². The smallest absolute Gasteiger partial charge is 0.276 e. The van der Waals surface area contributed by atoms with Crippen molar-refractivity contribution in [2.75, 3.05) is 5.32 Å². The molecular formula is C15H12BrClIN5O. The number of nitrogens with zero attached hydrogens (tertiary/aromatic N) is 4. The van der Waals surface area contributed by atoms with Crippen molar-refractivity contribution in [2.24, 2.45) is 7.05 Å². The van der Waals surface area contributed by atoms with E-state index in [1.807, 2.05) is 24.3 Å². The van der Waals surface area contributed by atoms with Gasteiger partial charge in [-0.05, 0) is 50.2 Å². The first-order valence-electron chi connectivity index (χ1n) is 6.91. The number of carbonyl (C=O) groups is 1. The summed E-state index contributed by atoms with van der Waals surface area (Å²) in [6, 6.07) is 7.58. The highest BCUT2D eigenvalue weighted by Gasteiger charge is 2.18. The summed E-state index contributed by atoms with van der Waals surface area (Å²) in [5.41, 5.74) is 1.44. The predicted octanol–water partition coefficient (Wildman–Crippen LogP) is 3.94. The van der Waals surface area contributed by atoms with E-state index >= 15 is 0 Å². The number of amides is 1. The van der Waals surface area contributed by atoms with E-state index in [0.29, 0.717) is 27.6 Å². The third kappa shape index (κ3) is 3.65. The maximum atomic E-state index is 12.4. The van der Waals surface area contributed by atoms with Gasteiger partial charge in [0.2, 0.25) is 0 Å². The standard InChI is InChI=1S/C15H12BrClIN5O/c1-22-13(12(18)6-19-22)15(24)20-14-10(16)8-23(21-14)7-9-4-2-3-5-11(9)17/h2-6,8H,7H2,1H3,(H,20,21,24). The summed E-state index contributed by atoms with van der Waals surface area (Å²) in [6.45, 7) is 0.511. The van der Waals surface area contributed by atoms with Crippen LogP contribution >= 0.6 is 50.1 Å². The molecule has 3 rings (SSSR count). The van der Waals surface area contributed by atoms with Gasteiger partial charge in [-0.1, -0.05) is 29.8 Å². The third-order valence-corrected chi connectivity index (χ3v) is 5.09. The number of hydrogen-bond donors (Lipinski definition) is 1. The maximum absolute atomic E-state index is 12.4. The molecule has 1 aromatic carbocycles. The molecule has 124 valence electrons. The molecule has 24 heavy (non-hydrogen) atoms. The summed E-state index contributed by atoms with van der Waals surface area (Å²) in [7, 11) is 1.72. The fraction of sp³-hybridized carbons (Fsp3) is 0.133. The van der Waals surface area contributed by atoms with Crippen LogP contribution in [0.25, 0.3) is 0 Å². The average Bonchev–Trinajstić information content (AvgIpc) is 3.04. The molecule has 1 N–H and O–H groups in total. The topological polar surface area (TPSA) is 64.7 Å². The van der Waals surface area contributed by atoms with Gasteiger partial charge >= 0.3 is 0 Å². The molecule has 0 bridgehead atoms. The van der Waals surface area contributed by atoms with E-state index < -0.39 is 0 Å². The van der Waals surface area contributed by atoms with Gasteiger partial charge in [-0.2, -0.15) is 10.2 Å². The van der Waals surface area contributed by atoms with Crippen molar-refractivity contribution in [2.45, 2.75) is 6.54 Å². The van der Waals surface area contributed by atoms with Gasteiger partial charge in [-0.3, -0.25) is 14.2 Å². The third-order valence-electron chi connectivity index (χ3n) is 3.35. The van der Waals surface area contributed by atoms with E-state index in [2.05, 4.69) is 54.0 Å². The molecule has 0 spiro atoms. The lowest BCUT2D eigenvalue weighted by Crippen LogP contribution is -2.18. The predicted molar refractivity (Wildman–Crippen MR) is 104 cm³/mol. The summed E-state index contributed by atoms with van der Waals surface area (Å²) < 4.78 is 4.72. The van der Waals surface area contributed by atoms with Crippen LogP contribution in [0.5, 0.6) is 0 Å². The molecular weight excluding hydrogens is 508 g/mol. The zero-order chi connectivity index (χ0) is 17.3. The van der Waals surface area contributed by atoms with Crippen LogP contribution in [-0.4, -0.2) is 25.5 Å². The molecule has 0 aliphatic heterocycles. The minimum Gasteiger partial charge on any atom is -0.303 e. The van der Waals surface area contributed by atoms with E-state index in [1.54, 1.807) is 24.1 Å². The summed E-state index contributed by atoms with van der Waals surface area (Å²) >= 11 is 11.7. The Morgan fingerprint density at radius 2 is 2.17 bits per heavy atom. The summed E-state index contributed by atoms with van der Waals surface area (Å²) in [4.78, 5) is 12.4. The number of aryl methyl sites for hydroxylation is 1. The first-order chi connectivity index (χ1) is 11.5. The Bertz CT molecular complexity index is 888. The largest absolute Gasteiger partial charge is 0.303 e. The molecule has 6 nitrogen and oxygen atoms in total. The van der Waals surface area contributed by atoms with E-state index in [4.69, 9.17) is 11.6 Å². The van der Waals surface area contributed by atoms with E-state index in [-0.39, 0.29) is 5.91 Å². The second-order valence-corrected chi connectivity index (χ2v) is 7.46. The highest BCUT2D eigenvalue weighted by atomic mass is 127. The van der Waals surface area contributed by atoms with Crippen LogP contribution in [0.4, 0.5) is 5.82 Å². The SMILES string of the molecule is Cn1ncc(I)c1C(=O)Nc1nn(Cc2ccccc2Cl)cc1Br. The van der Waals surface area contributed by atoms with Crippen LogP contribution < -0.4 is 5.32 Å². The fourth-order valence-corrected chi connectivity index (χ4v) is 3.53. The molecule has 2 heterocycles. The summed E-state index contributed by atoms with van der Waals surface area (Å²) in [5.74, 6) is 0.187. The number of nitrogens with one attached hydrogen (secondary N) is 1. The maximum Gasteiger partial charge on any atom is 0.276 e. The lowest BCUT2D eigenvalue weighted by atomic mass is 10.2. The highest BCUT2D eigenvalue weighted by molar-refractivity contribution is 14.1. The van der Waals surface area contributed by atoms with E-state index in [9.17, 15) is 4.79 Å². The van der Waals surface area contributed by atoms with Crippen LogP contribution in [-0.2, 0) is 13.6 Å².